The van der Waals surface area contributed by atoms with Crippen LogP contribution in [0.3, 0.4) is 0 Å². The van der Waals surface area contributed by atoms with Crippen molar-refractivity contribution in [1.82, 2.24) is 15.2 Å². The van der Waals surface area contributed by atoms with Crippen molar-refractivity contribution in [3.8, 4) is 0 Å². The first-order chi connectivity index (χ1) is 12.2. The fraction of sp³-hybridized carbons (Fsp3) is 0.333. The molecule has 138 valence electrons. The van der Waals surface area contributed by atoms with E-state index in [0.717, 1.165) is 17.7 Å². The number of thiazole rings is 1. The molecule has 26 heavy (non-hydrogen) atoms. The first-order valence-corrected chi connectivity index (χ1v) is 11.2. The van der Waals surface area contributed by atoms with Gasteiger partial charge < -0.3 is 0 Å². The lowest BCUT2D eigenvalue weighted by molar-refractivity contribution is 0.102. The van der Waals surface area contributed by atoms with Crippen molar-refractivity contribution in [1.29, 1.82) is 0 Å². The molecule has 0 aliphatic rings. The summed E-state index contributed by atoms with van der Waals surface area (Å²) < 4.78 is 25.7. The maximum Gasteiger partial charge on any atom is 0.257 e. The third-order valence-corrected chi connectivity index (χ3v) is 5.68. The molecule has 8 nitrogen and oxygen atoms in total. The zero-order chi connectivity index (χ0) is 18.9. The molecule has 0 saturated carbocycles. The summed E-state index contributed by atoms with van der Waals surface area (Å²) in [4.78, 5) is 16.6. The molecule has 0 bridgehead atoms. The Labute approximate surface area is 158 Å². The van der Waals surface area contributed by atoms with E-state index in [2.05, 4.69) is 39.1 Å². The molecule has 0 atom stereocenters. The van der Waals surface area contributed by atoms with Gasteiger partial charge in [-0.2, -0.15) is 0 Å². The number of fused-ring (bicyclic) bond motifs is 1. The molecule has 2 aromatic heterocycles. The minimum Gasteiger partial charge on any atom is -0.296 e. The van der Waals surface area contributed by atoms with E-state index in [4.69, 9.17) is 0 Å². The van der Waals surface area contributed by atoms with Crippen LogP contribution >= 0.6 is 22.7 Å². The highest BCUT2D eigenvalue weighted by Crippen LogP contribution is 2.28. The SMILES string of the molecule is CC(C)Cc1nnc(NC(=O)c2ccc3nc(NS(C)(=O)=O)sc3c2)s1. The number of amides is 1. The van der Waals surface area contributed by atoms with Crippen molar-refractivity contribution in [2.24, 2.45) is 5.92 Å². The minimum absolute atomic E-state index is 0.266. The first kappa shape index (κ1) is 18.7. The number of nitrogens with zero attached hydrogens (tertiary/aromatic N) is 3. The van der Waals surface area contributed by atoms with Crippen LogP contribution in [0.15, 0.2) is 18.2 Å². The second-order valence-electron chi connectivity index (χ2n) is 6.13. The van der Waals surface area contributed by atoms with Crippen LogP contribution < -0.4 is 10.0 Å². The zero-order valence-corrected chi connectivity index (χ0v) is 16.8. The van der Waals surface area contributed by atoms with Gasteiger partial charge in [-0.1, -0.05) is 36.5 Å². The fourth-order valence-electron chi connectivity index (χ4n) is 2.17. The molecule has 0 spiro atoms. The van der Waals surface area contributed by atoms with Crippen LogP contribution in [-0.2, 0) is 16.4 Å². The lowest BCUT2D eigenvalue weighted by Gasteiger charge is -2.01. The summed E-state index contributed by atoms with van der Waals surface area (Å²) in [5.41, 5.74) is 1.06. The molecule has 0 radical (unpaired) electrons. The van der Waals surface area contributed by atoms with Gasteiger partial charge in [-0.05, 0) is 24.1 Å². The molecule has 0 fully saturated rings. The van der Waals surface area contributed by atoms with E-state index < -0.39 is 10.0 Å². The van der Waals surface area contributed by atoms with E-state index in [-0.39, 0.29) is 11.0 Å². The van der Waals surface area contributed by atoms with Gasteiger partial charge in [-0.25, -0.2) is 13.4 Å². The summed E-state index contributed by atoms with van der Waals surface area (Å²) in [6.45, 7) is 4.19. The number of rotatable bonds is 6. The number of anilines is 2. The average molecular weight is 412 g/mol. The number of hydrogen-bond donors (Lipinski definition) is 2. The predicted molar refractivity (Wildman–Crippen MR) is 104 cm³/mol. The molecular weight excluding hydrogens is 394 g/mol. The van der Waals surface area contributed by atoms with Crippen LogP contribution in [0.25, 0.3) is 10.2 Å². The summed E-state index contributed by atoms with van der Waals surface area (Å²) in [6, 6.07) is 4.99. The van der Waals surface area contributed by atoms with E-state index >= 15 is 0 Å². The first-order valence-electron chi connectivity index (χ1n) is 7.72. The van der Waals surface area contributed by atoms with Crippen molar-refractivity contribution in [2.45, 2.75) is 20.3 Å². The lowest BCUT2D eigenvalue weighted by Crippen LogP contribution is -2.11. The molecule has 0 unspecified atom stereocenters. The fourth-order valence-corrected chi connectivity index (χ4v) is 4.86. The molecule has 1 aromatic carbocycles. The van der Waals surface area contributed by atoms with Gasteiger partial charge >= 0.3 is 0 Å². The van der Waals surface area contributed by atoms with Gasteiger partial charge in [0.15, 0.2) is 5.13 Å². The van der Waals surface area contributed by atoms with Gasteiger partial charge in [-0.15, -0.1) is 10.2 Å². The Bertz CT molecular complexity index is 1060. The molecule has 0 aliphatic heterocycles. The third kappa shape index (κ3) is 4.74. The maximum absolute atomic E-state index is 12.4. The van der Waals surface area contributed by atoms with Gasteiger partial charge in [0, 0.05) is 12.0 Å². The Kier molecular flexibility index (Phi) is 5.21. The van der Waals surface area contributed by atoms with Crippen LogP contribution in [0, 0.1) is 5.92 Å². The monoisotopic (exact) mass is 411 g/mol. The average Bonchev–Trinajstić information content (AvgIpc) is 3.09. The van der Waals surface area contributed by atoms with Crippen molar-refractivity contribution >= 4 is 59.1 Å². The van der Waals surface area contributed by atoms with E-state index in [1.54, 1.807) is 18.2 Å². The molecule has 0 aliphatic carbocycles. The molecular formula is C15H17N5O3S3. The predicted octanol–water partition coefficient (Wildman–Crippen LogP) is 2.97. The Morgan fingerprint density at radius 1 is 1.19 bits per heavy atom. The van der Waals surface area contributed by atoms with Crippen molar-refractivity contribution < 1.29 is 13.2 Å². The van der Waals surface area contributed by atoms with Crippen LogP contribution in [0.5, 0.6) is 0 Å². The summed E-state index contributed by atoms with van der Waals surface area (Å²) in [5.74, 6) is 0.167. The summed E-state index contributed by atoms with van der Waals surface area (Å²) in [7, 11) is -3.39. The van der Waals surface area contributed by atoms with E-state index in [0.29, 0.717) is 26.8 Å². The lowest BCUT2D eigenvalue weighted by atomic mass is 10.1. The van der Waals surface area contributed by atoms with E-state index in [1.807, 2.05) is 0 Å². The van der Waals surface area contributed by atoms with E-state index in [1.165, 1.54) is 22.7 Å². The smallest absolute Gasteiger partial charge is 0.257 e. The largest absolute Gasteiger partial charge is 0.296 e. The van der Waals surface area contributed by atoms with Gasteiger partial charge in [0.05, 0.1) is 16.5 Å². The number of nitrogens with one attached hydrogen (secondary N) is 2. The Morgan fingerprint density at radius 3 is 2.65 bits per heavy atom. The number of sulfonamides is 1. The van der Waals surface area contributed by atoms with Crippen molar-refractivity contribution in [2.75, 3.05) is 16.3 Å². The number of carbonyl (C=O) groups excluding carboxylic acids is 1. The summed E-state index contributed by atoms with van der Waals surface area (Å²) in [6.07, 6.45) is 1.88. The Hall–Kier alpha value is -2.11. The van der Waals surface area contributed by atoms with Gasteiger partial charge in [-0.3, -0.25) is 14.8 Å². The van der Waals surface area contributed by atoms with Crippen LogP contribution in [0.2, 0.25) is 0 Å². The second kappa shape index (κ2) is 7.25. The zero-order valence-electron chi connectivity index (χ0n) is 14.3. The Morgan fingerprint density at radius 2 is 1.96 bits per heavy atom. The van der Waals surface area contributed by atoms with E-state index in [9.17, 15) is 13.2 Å². The number of carbonyl (C=O) groups is 1. The highest BCUT2D eigenvalue weighted by Gasteiger charge is 2.14. The van der Waals surface area contributed by atoms with Crippen molar-refractivity contribution in [3.05, 3.63) is 28.8 Å². The molecule has 11 heteroatoms. The number of aromatic nitrogens is 3. The van der Waals surface area contributed by atoms with Gasteiger partial charge in [0.1, 0.15) is 5.01 Å². The van der Waals surface area contributed by atoms with Crippen molar-refractivity contribution in [3.63, 3.8) is 0 Å². The highest BCUT2D eigenvalue weighted by molar-refractivity contribution is 7.92. The highest BCUT2D eigenvalue weighted by atomic mass is 32.2. The van der Waals surface area contributed by atoms with Crippen LogP contribution in [-0.4, -0.2) is 35.8 Å². The molecule has 0 saturated heterocycles. The maximum atomic E-state index is 12.4. The Balaban J connectivity index is 1.76. The quantitative estimate of drug-likeness (QED) is 0.644. The summed E-state index contributed by atoms with van der Waals surface area (Å²) in [5, 5.41) is 12.4. The van der Waals surface area contributed by atoms with Gasteiger partial charge in [0.25, 0.3) is 5.91 Å². The molecule has 1 amide bonds. The second-order valence-corrected chi connectivity index (χ2v) is 9.97. The molecule has 3 rings (SSSR count). The van der Waals surface area contributed by atoms with Crippen LogP contribution in [0.4, 0.5) is 10.3 Å². The molecule has 2 heterocycles. The molecule has 3 aromatic rings. The molecule has 2 N–H and O–H groups in total. The van der Waals surface area contributed by atoms with Crippen LogP contribution in [0.1, 0.15) is 29.2 Å². The number of hydrogen-bond acceptors (Lipinski definition) is 8. The van der Waals surface area contributed by atoms with Gasteiger partial charge in [0.2, 0.25) is 15.2 Å². The summed E-state index contributed by atoms with van der Waals surface area (Å²) >= 11 is 2.52. The standard InChI is InChI=1S/C15H17N5O3S3/c1-8(2)6-12-18-19-14(25-12)17-13(21)9-4-5-10-11(7-9)24-15(16-10)20-26(3,22)23/h4-5,7-8H,6H2,1-3H3,(H,16,20)(H,17,19,21). The number of benzene rings is 1. The normalized spacial score (nSPS) is 11.8. The minimum atomic E-state index is -3.39. The topological polar surface area (TPSA) is 114 Å². The third-order valence-electron chi connectivity index (χ3n) is 3.19.